The molecule has 0 saturated heterocycles. The van der Waals surface area contributed by atoms with Crippen LogP contribution in [-0.4, -0.2) is 6.35 Å². The second-order valence-electron chi connectivity index (χ2n) is 3.97. The van der Waals surface area contributed by atoms with Crippen LogP contribution in [0.4, 0.5) is 0 Å². The van der Waals surface area contributed by atoms with Crippen molar-refractivity contribution in [3.8, 4) is 0 Å². The Hall–Kier alpha value is -0.410. The molecule has 0 bridgehead atoms. The van der Waals surface area contributed by atoms with Crippen LogP contribution in [0.3, 0.4) is 0 Å². The zero-order chi connectivity index (χ0) is 12.8. The average molecular weight is 284 g/mol. The molecule has 0 aromatic heterocycles. The van der Waals surface area contributed by atoms with E-state index in [4.69, 9.17) is 4.74 Å². The molecule has 0 aliphatic carbocycles. The third kappa shape index (κ3) is 5.23. The molecule has 3 nitrogen and oxygen atoms in total. The Kier molecular flexibility index (Phi) is 7.01. The van der Waals surface area contributed by atoms with Gasteiger partial charge in [0.25, 0.3) is 0 Å². The normalized spacial score (nSPS) is 13.3. The summed E-state index contributed by atoms with van der Waals surface area (Å²) < 4.78 is 17.2. The molecule has 0 N–H and O–H groups in total. The summed E-state index contributed by atoms with van der Waals surface area (Å²) >= 11 is 0. The van der Waals surface area contributed by atoms with E-state index in [1.54, 1.807) is 30.3 Å². The number of ether oxygens (including phenoxy) is 1. The summed E-state index contributed by atoms with van der Waals surface area (Å²) in [5, 5.41) is 0.318. The first kappa shape index (κ1) is 16.6. The van der Waals surface area contributed by atoms with E-state index in [1.165, 1.54) is 0 Å². The van der Waals surface area contributed by atoms with Crippen molar-refractivity contribution in [2.24, 2.45) is 0 Å². The zero-order valence-corrected chi connectivity index (χ0v) is 13.8. The summed E-state index contributed by atoms with van der Waals surface area (Å²) in [7, 11) is -3.65. The SMILES string of the molecule is O=P([O-])(COCc1ccccc1)c1ccccc1.[Na+]. The van der Waals surface area contributed by atoms with Gasteiger partial charge in [-0.2, -0.15) is 0 Å². The molecular weight excluding hydrogens is 270 g/mol. The molecule has 2 aromatic rings. The van der Waals surface area contributed by atoms with Gasteiger partial charge in [-0.3, -0.25) is 0 Å². The van der Waals surface area contributed by atoms with Crippen molar-refractivity contribution >= 4 is 12.7 Å². The van der Waals surface area contributed by atoms with E-state index in [9.17, 15) is 9.46 Å². The molecule has 0 radical (unpaired) electrons. The van der Waals surface area contributed by atoms with Crippen molar-refractivity contribution in [3.05, 3.63) is 66.2 Å². The van der Waals surface area contributed by atoms with E-state index in [1.807, 2.05) is 30.3 Å². The van der Waals surface area contributed by atoms with Crippen LogP contribution in [0.25, 0.3) is 0 Å². The fourth-order valence-electron chi connectivity index (χ4n) is 1.59. The molecule has 0 saturated carbocycles. The van der Waals surface area contributed by atoms with Gasteiger partial charge in [0.2, 0.25) is 0 Å². The van der Waals surface area contributed by atoms with Crippen molar-refractivity contribution in [1.82, 2.24) is 0 Å². The predicted octanol–water partition coefficient (Wildman–Crippen LogP) is -0.871. The molecule has 0 heterocycles. The molecule has 0 fully saturated rings. The number of hydrogen-bond donors (Lipinski definition) is 0. The van der Waals surface area contributed by atoms with E-state index in [-0.39, 0.29) is 35.9 Å². The summed E-state index contributed by atoms with van der Waals surface area (Å²) in [6.45, 7) is 0.305. The maximum Gasteiger partial charge on any atom is 1.00 e. The quantitative estimate of drug-likeness (QED) is 0.530. The van der Waals surface area contributed by atoms with Crippen LogP contribution in [0.5, 0.6) is 0 Å². The first-order valence-electron chi connectivity index (χ1n) is 5.66. The number of hydrogen-bond acceptors (Lipinski definition) is 3. The van der Waals surface area contributed by atoms with E-state index in [2.05, 4.69) is 0 Å². The molecule has 0 spiro atoms. The Morgan fingerprint density at radius 1 is 0.947 bits per heavy atom. The van der Waals surface area contributed by atoms with Gasteiger partial charge in [0, 0.05) is 5.30 Å². The third-order valence-electron chi connectivity index (χ3n) is 2.52. The summed E-state index contributed by atoms with van der Waals surface area (Å²) in [5.74, 6) is 0. The zero-order valence-electron chi connectivity index (χ0n) is 10.9. The standard InChI is InChI=1S/C14H15O3P.Na/c15-18(16,14-9-5-2-6-10-14)12-17-11-13-7-3-1-4-8-13;/h1-10H,11-12H2,(H,15,16);/q;+1/p-1. The first-order valence-corrected chi connectivity index (χ1v) is 7.47. The molecular formula is C14H14NaO3P. The van der Waals surface area contributed by atoms with Gasteiger partial charge in [-0.1, -0.05) is 60.7 Å². The van der Waals surface area contributed by atoms with E-state index in [0.29, 0.717) is 11.9 Å². The number of benzene rings is 2. The van der Waals surface area contributed by atoms with E-state index in [0.717, 1.165) is 5.56 Å². The minimum absolute atomic E-state index is 0. The van der Waals surface area contributed by atoms with Gasteiger partial charge in [-0.25, -0.2) is 0 Å². The smallest absolute Gasteiger partial charge is 0.794 e. The van der Waals surface area contributed by atoms with Gasteiger partial charge < -0.3 is 14.2 Å². The monoisotopic (exact) mass is 284 g/mol. The van der Waals surface area contributed by atoms with Gasteiger partial charge in [0.1, 0.15) is 0 Å². The topological polar surface area (TPSA) is 49.4 Å². The van der Waals surface area contributed by atoms with E-state index < -0.39 is 7.37 Å². The Morgan fingerprint density at radius 2 is 1.47 bits per heavy atom. The van der Waals surface area contributed by atoms with Gasteiger partial charge in [-0.15, -0.1) is 0 Å². The molecule has 94 valence electrons. The van der Waals surface area contributed by atoms with Crippen molar-refractivity contribution in [2.75, 3.05) is 6.35 Å². The predicted molar refractivity (Wildman–Crippen MR) is 69.8 cm³/mol. The minimum Gasteiger partial charge on any atom is -0.794 e. The molecule has 0 amide bonds. The largest absolute Gasteiger partial charge is 1.00 e. The van der Waals surface area contributed by atoms with Crippen LogP contribution in [0.1, 0.15) is 5.56 Å². The Morgan fingerprint density at radius 3 is 2.05 bits per heavy atom. The van der Waals surface area contributed by atoms with Gasteiger partial charge in [-0.05, 0) is 5.56 Å². The Bertz CT molecular complexity index is 531. The van der Waals surface area contributed by atoms with E-state index >= 15 is 0 Å². The molecule has 0 aliphatic heterocycles. The van der Waals surface area contributed by atoms with Crippen LogP contribution < -0.4 is 39.8 Å². The maximum atomic E-state index is 11.9. The first-order chi connectivity index (χ1) is 8.68. The van der Waals surface area contributed by atoms with Gasteiger partial charge in [0.05, 0.1) is 20.3 Å². The van der Waals surface area contributed by atoms with Crippen molar-refractivity contribution < 1.29 is 43.8 Å². The van der Waals surface area contributed by atoms with Crippen LogP contribution in [-0.2, 0) is 15.9 Å². The molecule has 1 unspecified atom stereocenters. The van der Waals surface area contributed by atoms with Crippen LogP contribution in [0, 0.1) is 0 Å². The van der Waals surface area contributed by atoms with Crippen molar-refractivity contribution in [2.45, 2.75) is 6.61 Å². The summed E-state index contributed by atoms with van der Waals surface area (Å²) in [6.07, 6.45) is -0.272. The van der Waals surface area contributed by atoms with Crippen molar-refractivity contribution in [1.29, 1.82) is 0 Å². The molecule has 0 aliphatic rings. The second kappa shape index (κ2) is 8.01. The molecule has 5 heteroatoms. The fourth-order valence-corrected chi connectivity index (χ4v) is 2.69. The summed E-state index contributed by atoms with van der Waals surface area (Å²) in [5.41, 5.74) is 0.963. The Labute approximate surface area is 135 Å². The third-order valence-corrected chi connectivity index (χ3v) is 4.13. The number of rotatable bonds is 5. The van der Waals surface area contributed by atoms with Gasteiger partial charge in [0.15, 0.2) is 0 Å². The van der Waals surface area contributed by atoms with Crippen LogP contribution in [0.15, 0.2) is 60.7 Å². The maximum absolute atomic E-state index is 11.9. The fraction of sp³-hybridized carbons (Fsp3) is 0.143. The summed E-state index contributed by atoms with van der Waals surface area (Å²) in [4.78, 5) is 11.9. The van der Waals surface area contributed by atoms with Crippen molar-refractivity contribution in [3.63, 3.8) is 0 Å². The molecule has 19 heavy (non-hydrogen) atoms. The molecule has 1 atom stereocenters. The Balaban J connectivity index is 0.00000180. The second-order valence-corrected chi connectivity index (χ2v) is 6.09. The van der Waals surface area contributed by atoms with Crippen LogP contribution >= 0.6 is 7.37 Å². The van der Waals surface area contributed by atoms with Gasteiger partial charge >= 0.3 is 29.6 Å². The van der Waals surface area contributed by atoms with Crippen LogP contribution in [0.2, 0.25) is 0 Å². The average Bonchev–Trinajstić information content (AvgIpc) is 2.41. The minimum atomic E-state index is -3.65. The summed E-state index contributed by atoms with van der Waals surface area (Å²) in [6, 6.07) is 17.9. The molecule has 2 rings (SSSR count). The molecule has 2 aromatic carbocycles.